The van der Waals surface area contributed by atoms with E-state index in [9.17, 15) is 4.79 Å². The zero-order valence-electron chi connectivity index (χ0n) is 13.2. The summed E-state index contributed by atoms with van der Waals surface area (Å²) < 4.78 is 0. The van der Waals surface area contributed by atoms with Crippen LogP contribution in [0.5, 0.6) is 0 Å². The van der Waals surface area contributed by atoms with Crippen molar-refractivity contribution in [3.05, 3.63) is 40.8 Å². The maximum Gasteiger partial charge on any atom is 0.275 e. The van der Waals surface area contributed by atoms with E-state index in [2.05, 4.69) is 26.3 Å². The second kappa shape index (κ2) is 7.52. The minimum Gasteiger partial charge on any atom is -0.344 e. The summed E-state index contributed by atoms with van der Waals surface area (Å²) in [6, 6.07) is 5.98. The van der Waals surface area contributed by atoms with E-state index >= 15 is 0 Å². The number of carbonyl (C=O) groups is 1. The van der Waals surface area contributed by atoms with Gasteiger partial charge in [-0.15, -0.1) is 11.3 Å². The molecule has 122 valence electrons. The Morgan fingerprint density at radius 3 is 2.74 bits per heavy atom. The van der Waals surface area contributed by atoms with Crippen LogP contribution in [0.4, 0.5) is 5.95 Å². The molecule has 1 saturated heterocycles. The molecule has 0 unspecified atom stereocenters. The fourth-order valence-electron chi connectivity index (χ4n) is 2.78. The third kappa shape index (κ3) is 4.27. The summed E-state index contributed by atoms with van der Waals surface area (Å²) in [6.07, 6.45) is 3.53. The molecule has 1 amide bonds. The van der Waals surface area contributed by atoms with Gasteiger partial charge in [-0.05, 0) is 24.4 Å². The lowest BCUT2D eigenvalue weighted by molar-refractivity contribution is -0.892. The molecule has 0 saturated carbocycles. The summed E-state index contributed by atoms with van der Waals surface area (Å²) in [5, 5.41) is 5.12. The van der Waals surface area contributed by atoms with E-state index in [1.807, 2.05) is 24.4 Å². The van der Waals surface area contributed by atoms with E-state index in [0.717, 1.165) is 32.1 Å². The topological polar surface area (TPSA) is 62.6 Å². The van der Waals surface area contributed by atoms with Crippen LogP contribution in [0, 0.1) is 0 Å². The van der Waals surface area contributed by atoms with Crippen molar-refractivity contribution in [1.82, 2.24) is 15.3 Å². The lowest BCUT2D eigenvalue weighted by Crippen LogP contribution is -3.16. The highest BCUT2D eigenvalue weighted by Crippen LogP contribution is 2.17. The van der Waals surface area contributed by atoms with Gasteiger partial charge in [0, 0.05) is 17.3 Å². The van der Waals surface area contributed by atoms with Crippen molar-refractivity contribution < 1.29 is 9.69 Å². The number of piperazine rings is 1. The largest absolute Gasteiger partial charge is 0.344 e. The van der Waals surface area contributed by atoms with Crippen molar-refractivity contribution in [2.75, 3.05) is 37.6 Å². The Morgan fingerprint density at radius 2 is 2.09 bits per heavy atom. The van der Waals surface area contributed by atoms with Crippen LogP contribution in [0.3, 0.4) is 0 Å². The summed E-state index contributed by atoms with van der Waals surface area (Å²) in [6.45, 7) is 6.18. The van der Waals surface area contributed by atoms with Gasteiger partial charge in [0.25, 0.3) is 5.91 Å². The molecule has 1 aliphatic rings. The van der Waals surface area contributed by atoms with E-state index in [1.54, 1.807) is 23.7 Å². The van der Waals surface area contributed by atoms with Crippen molar-refractivity contribution in [2.45, 2.75) is 13.0 Å². The highest BCUT2D eigenvalue weighted by atomic mass is 32.1. The molecule has 6 nitrogen and oxygen atoms in total. The Kier molecular flexibility index (Phi) is 5.19. The normalized spacial score (nSPS) is 17.0. The van der Waals surface area contributed by atoms with Crippen LogP contribution < -0.4 is 15.1 Å². The molecule has 1 atom stereocenters. The molecule has 0 radical (unpaired) electrons. The molecule has 3 rings (SSSR count). The number of aromatic nitrogens is 2. The number of quaternary nitrogens is 1. The summed E-state index contributed by atoms with van der Waals surface area (Å²) in [4.78, 5) is 25.5. The number of thiophene rings is 1. The molecule has 23 heavy (non-hydrogen) atoms. The molecule has 1 aliphatic heterocycles. The fourth-order valence-corrected chi connectivity index (χ4v) is 3.52. The molecular formula is C16H22N5OS+. The van der Waals surface area contributed by atoms with E-state index in [4.69, 9.17) is 0 Å². The lowest BCUT2D eigenvalue weighted by atomic mass is 10.2. The second-order valence-electron chi connectivity index (χ2n) is 5.77. The van der Waals surface area contributed by atoms with E-state index < -0.39 is 0 Å². The number of anilines is 1. The minimum atomic E-state index is 0.0842. The Bertz CT molecular complexity index is 611. The van der Waals surface area contributed by atoms with Crippen molar-refractivity contribution in [2.24, 2.45) is 0 Å². The summed E-state index contributed by atoms with van der Waals surface area (Å²) in [7, 11) is 0. The monoisotopic (exact) mass is 332 g/mol. The highest BCUT2D eigenvalue weighted by molar-refractivity contribution is 7.10. The smallest absolute Gasteiger partial charge is 0.275 e. The highest BCUT2D eigenvalue weighted by Gasteiger charge is 2.24. The van der Waals surface area contributed by atoms with Crippen molar-refractivity contribution in [3.8, 4) is 0 Å². The van der Waals surface area contributed by atoms with E-state index in [0.29, 0.717) is 6.54 Å². The molecule has 0 aliphatic carbocycles. The van der Waals surface area contributed by atoms with E-state index in [1.165, 1.54) is 9.78 Å². The summed E-state index contributed by atoms with van der Waals surface area (Å²) in [5.41, 5.74) is 0. The van der Waals surface area contributed by atoms with Crippen LogP contribution in [0.2, 0.25) is 0 Å². The molecule has 0 spiro atoms. The fraction of sp³-hybridized carbons (Fsp3) is 0.438. The van der Waals surface area contributed by atoms with Crippen LogP contribution in [0.15, 0.2) is 36.0 Å². The van der Waals surface area contributed by atoms with E-state index in [-0.39, 0.29) is 11.9 Å². The van der Waals surface area contributed by atoms with Gasteiger partial charge in [0.15, 0.2) is 6.54 Å². The quantitative estimate of drug-likeness (QED) is 0.816. The Hall–Kier alpha value is -1.99. The first kappa shape index (κ1) is 15.9. The van der Waals surface area contributed by atoms with Crippen LogP contribution >= 0.6 is 11.3 Å². The van der Waals surface area contributed by atoms with Crippen LogP contribution in [-0.4, -0.2) is 48.6 Å². The predicted molar refractivity (Wildman–Crippen MR) is 90.7 cm³/mol. The second-order valence-corrected chi connectivity index (χ2v) is 6.75. The zero-order valence-corrected chi connectivity index (χ0v) is 14.1. The number of carbonyl (C=O) groups excluding carboxylic acids is 1. The van der Waals surface area contributed by atoms with Gasteiger partial charge in [-0.1, -0.05) is 6.07 Å². The van der Waals surface area contributed by atoms with Gasteiger partial charge in [0.1, 0.15) is 0 Å². The third-order valence-electron chi connectivity index (χ3n) is 4.06. The maximum atomic E-state index is 12.2. The van der Waals surface area contributed by atoms with Gasteiger partial charge in [-0.3, -0.25) is 4.79 Å². The zero-order chi connectivity index (χ0) is 16.1. The number of amides is 1. The van der Waals surface area contributed by atoms with Gasteiger partial charge < -0.3 is 15.1 Å². The molecule has 1 fully saturated rings. The third-order valence-corrected chi connectivity index (χ3v) is 5.12. The van der Waals surface area contributed by atoms with Gasteiger partial charge in [-0.25, -0.2) is 9.97 Å². The SMILES string of the molecule is C[C@@H](NC(=O)C[NH+]1CCN(c2ncccn2)CC1)c1cccs1. The number of hydrogen-bond donors (Lipinski definition) is 2. The Morgan fingerprint density at radius 1 is 1.35 bits per heavy atom. The van der Waals surface area contributed by atoms with Crippen LogP contribution in [0.25, 0.3) is 0 Å². The standard InChI is InChI=1S/C16H21N5OS/c1-13(14-4-2-11-23-14)19-15(22)12-20-7-9-21(10-8-20)16-17-5-3-6-18-16/h2-6,11,13H,7-10,12H2,1H3,(H,19,22)/p+1/t13-/m1/s1. The average Bonchev–Trinajstić information content (AvgIpc) is 3.11. The van der Waals surface area contributed by atoms with Crippen LogP contribution in [-0.2, 0) is 4.79 Å². The number of nitrogens with one attached hydrogen (secondary N) is 2. The first-order valence-corrected chi connectivity index (χ1v) is 8.78. The number of hydrogen-bond acceptors (Lipinski definition) is 5. The number of nitrogens with zero attached hydrogens (tertiary/aromatic N) is 3. The maximum absolute atomic E-state index is 12.2. The van der Waals surface area contributed by atoms with Gasteiger partial charge in [0.05, 0.1) is 32.2 Å². The van der Waals surface area contributed by atoms with Crippen molar-refractivity contribution in [3.63, 3.8) is 0 Å². The summed E-state index contributed by atoms with van der Waals surface area (Å²) >= 11 is 1.67. The average molecular weight is 332 g/mol. The lowest BCUT2D eigenvalue weighted by Gasteiger charge is -2.31. The molecule has 2 aromatic heterocycles. The molecule has 2 aromatic rings. The molecule has 3 heterocycles. The first-order chi connectivity index (χ1) is 11.2. The molecule has 0 aromatic carbocycles. The Balaban J connectivity index is 1.44. The van der Waals surface area contributed by atoms with Crippen molar-refractivity contribution in [1.29, 1.82) is 0 Å². The van der Waals surface area contributed by atoms with Crippen LogP contribution in [0.1, 0.15) is 17.8 Å². The Labute approximate surface area is 140 Å². The number of rotatable bonds is 5. The minimum absolute atomic E-state index is 0.0842. The molecule has 2 N–H and O–H groups in total. The van der Waals surface area contributed by atoms with Crippen molar-refractivity contribution >= 4 is 23.2 Å². The predicted octanol–water partition coefficient (Wildman–Crippen LogP) is 0.120. The summed E-state index contributed by atoms with van der Waals surface area (Å²) in [5.74, 6) is 0.896. The molecule has 0 bridgehead atoms. The molecule has 7 heteroatoms. The first-order valence-electron chi connectivity index (χ1n) is 7.90. The van der Waals surface area contributed by atoms with Gasteiger partial charge >= 0.3 is 0 Å². The van der Waals surface area contributed by atoms with Gasteiger partial charge in [0.2, 0.25) is 5.95 Å². The molecular weight excluding hydrogens is 310 g/mol. The van der Waals surface area contributed by atoms with Gasteiger partial charge in [-0.2, -0.15) is 0 Å².